The Balaban J connectivity index is 3.14. The average molecular weight is 256 g/mol. The molecule has 0 heterocycles. The van der Waals surface area contributed by atoms with Crippen LogP contribution in [0, 0.1) is 0 Å². The van der Waals surface area contributed by atoms with Crippen LogP contribution in [-0.4, -0.2) is 5.21 Å². The van der Waals surface area contributed by atoms with Crippen LogP contribution in [-0.2, 0) is 6.18 Å². The number of hydrogen-bond donors (Lipinski definition) is 2. The average Bonchev–Trinajstić information content (AvgIpc) is 2.03. The molecule has 1 rings (SSSR count). The molecule has 0 atom stereocenters. The van der Waals surface area contributed by atoms with Gasteiger partial charge in [-0.1, -0.05) is 0 Å². The van der Waals surface area contributed by atoms with E-state index >= 15 is 0 Å². The van der Waals surface area contributed by atoms with E-state index in [1.165, 1.54) is 6.07 Å². The molecule has 0 bridgehead atoms. The maximum Gasteiger partial charge on any atom is 0.416 e. The molecule has 13 heavy (non-hydrogen) atoms. The molecule has 0 saturated heterocycles. The third-order valence-electron chi connectivity index (χ3n) is 1.41. The van der Waals surface area contributed by atoms with Gasteiger partial charge in [0.25, 0.3) is 0 Å². The minimum atomic E-state index is -4.40. The van der Waals surface area contributed by atoms with E-state index < -0.39 is 11.7 Å². The lowest BCUT2D eigenvalue weighted by Crippen LogP contribution is -2.05. The lowest BCUT2D eigenvalue weighted by molar-refractivity contribution is -0.137. The Morgan fingerprint density at radius 3 is 2.38 bits per heavy atom. The van der Waals surface area contributed by atoms with Crippen molar-refractivity contribution in [3.63, 3.8) is 0 Å². The van der Waals surface area contributed by atoms with Crippen molar-refractivity contribution in [3.8, 4) is 0 Å². The van der Waals surface area contributed by atoms with Gasteiger partial charge >= 0.3 is 6.18 Å². The van der Waals surface area contributed by atoms with Gasteiger partial charge in [0.15, 0.2) is 0 Å². The zero-order chi connectivity index (χ0) is 10.1. The Hall–Kier alpha value is -0.750. The van der Waals surface area contributed by atoms with Crippen molar-refractivity contribution in [2.75, 3.05) is 5.48 Å². The van der Waals surface area contributed by atoms with Gasteiger partial charge in [-0.15, -0.1) is 0 Å². The van der Waals surface area contributed by atoms with Crippen LogP contribution in [0.5, 0.6) is 0 Å². The van der Waals surface area contributed by atoms with Crippen molar-refractivity contribution >= 4 is 21.6 Å². The highest BCUT2D eigenvalue weighted by atomic mass is 79.9. The summed E-state index contributed by atoms with van der Waals surface area (Å²) < 4.78 is 36.7. The lowest BCUT2D eigenvalue weighted by Gasteiger charge is -2.09. The van der Waals surface area contributed by atoms with E-state index in [9.17, 15) is 13.2 Å². The van der Waals surface area contributed by atoms with Crippen molar-refractivity contribution < 1.29 is 18.4 Å². The first-order valence-electron chi connectivity index (χ1n) is 3.22. The second kappa shape index (κ2) is 3.55. The van der Waals surface area contributed by atoms with Crippen LogP contribution in [0.4, 0.5) is 18.9 Å². The van der Waals surface area contributed by atoms with Gasteiger partial charge in [0.1, 0.15) is 0 Å². The summed E-state index contributed by atoms with van der Waals surface area (Å²) in [4.78, 5) is 0. The van der Waals surface area contributed by atoms with E-state index in [4.69, 9.17) is 5.21 Å². The molecule has 72 valence electrons. The summed E-state index contributed by atoms with van der Waals surface area (Å²) in [6.07, 6.45) is -4.40. The molecular weight excluding hydrogens is 251 g/mol. The van der Waals surface area contributed by atoms with Crippen LogP contribution >= 0.6 is 15.9 Å². The number of anilines is 1. The monoisotopic (exact) mass is 255 g/mol. The van der Waals surface area contributed by atoms with Gasteiger partial charge in [0, 0.05) is 4.47 Å². The first-order valence-corrected chi connectivity index (χ1v) is 4.01. The van der Waals surface area contributed by atoms with Gasteiger partial charge < -0.3 is 0 Å². The summed E-state index contributed by atoms with van der Waals surface area (Å²) >= 11 is 2.97. The molecule has 0 aromatic heterocycles. The summed E-state index contributed by atoms with van der Waals surface area (Å²) in [6.45, 7) is 0. The van der Waals surface area contributed by atoms with E-state index in [0.717, 1.165) is 12.1 Å². The molecule has 0 fully saturated rings. The molecule has 0 aliphatic carbocycles. The van der Waals surface area contributed by atoms with Crippen molar-refractivity contribution in [1.82, 2.24) is 0 Å². The fourth-order valence-electron chi connectivity index (χ4n) is 0.787. The van der Waals surface area contributed by atoms with Gasteiger partial charge in [-0.3, -0.25) is 10.7 Å². The Kier molecular flexibility index (Phi) is 2.82. The van der Waals surface area contributed by atoms with Gasteiger partial charge in [-0.05, 0) is 34.1 Å². The summed E-state index contributed by atoms with van der Waals surface area (Å²) in [6, 6.07) is 2.94. The van der Waals surface area contributed by atoms with Crippen LogP contribution in [0.1, 0.15) is 5.56 Å². The van der Waals surface area contributed by atoms with E-state index in [1.807, 2.05) is 0 Å². The summed E-state index contributed by atoms with van der Waals surface area (Å²) in [5.74, 6) is 0. The minimum Gasteiger partial charge on any atom is -0.291 e. The first-order chi connectivity index (χ1) is 5.95. The topological polar surface area (TPSA) is 32.3 Å². The molecule has 2 nitrogen and oxygen atoms in total. The standard InChI is InChI=1S/C7H5BrF3NO/c8-5-2-1-4(7(9,10)11)3-6(5)12-13/h1-3,12-13H. The summed E-state index contributed by atoms with van der Waals surface area (Å²) in [7, 11) is 0. The van der Waals surface area contributed by atoms with Crippen LogP contribution in [0.3, 0.4) is 0 Å². The molecule has 1 aromatic carbocycles. The fraction of sp³-hybridized carbons (Fsp3) is 0.143. The SMILES string of the molecule is ONc1cc(C(F)(F)F)ccc1Br. The second-order valence-corrected chi connectivity index (χ2v) is 3.16. The highest BCUT2D eigenvalue weighted by Crippen LogP contribution is 2.33. The predicted octanol–water partition coefficient (Wildman–Crippen LogP) is 3.27. The molecule has 1 aromatic rings. The van der Waals surface area contributed by atoms with Crippen molar-refractivity contribution in [1.29, 1.82) is 0 Å². The molecule has 0 aliphatic rings. The first kappa shape index (κ1) is 10.3. The maximum atomic E-state index is 12.1. The van der Waals surface area contributed by atoms with Crippen LogP contribution < -0.4 is 5.48 Å². The molecule has 0 aliphatic heterocycles. The Bertz CT molecular complexity index is 313. The fourth-order valence-corrected chi connectivity index (χ4v) is 1.12. The lowest BCUT2D eigenvalue weighted by atomic mass is 10.2. The largest absolute Gasteiger partial charge is 0.416 e. The van der Waals surface area contributed by atoms with Crippen LogP contribution in [0.15, 0.2) is 22.7 Å². The summed E-state index contributed by atoms with van der Waals surface area (Å²) in [5.41, 5.74) is 0.829. The quantitative estimate of drug-likeness (QED) is 0.756. The van der Waals surface area contributed by atoms with Gasteiger partial charge in [0.2, 0.25) is 0 Å². The van der Waals surface area contributed by atoms with E-state index in [0.29, 0.717) is 4.47 Å². The molecule has 0 saturated carbocycles. The number of rotatable bonds is 1. The van der Waals surface area contributed by atoms with Crippen LogP contribution in [0.25, 0.3) is 0 Å². The molecule has 0 radical (unpaired) electrons. The van der Waals surface area contributed by atoms with Gasteiger partial charge in [0.05, 0.1) is 11.3 Å². The minimum absolute atomic E-state index is 0.0187. The molecule has 0 unspecified atom stereocenters. The van der Waals surface area contributed by atoms with Crippen LogP contribution in [0.2, 0.25) is 0 Å². The van der Waals surface area contributed by atoms with Gasteiger partial charge in [-0.2, -0.15) is 13.2 Å². The Morgan fingerprint density at radius 2 is 1.92 bits per heavy atom. The number of hydrogen-bond acceptors (Lipinski definition) is 2. The van der Waals surface area contributed by atoms with Crippen molar-refractivity contribution in [2.45, 2.75) is 6.18 Å². The molecular formula is C7H5BrF3NO. The normalized spacial score (nSPS) is 11.5. The van der Waals surface area contributed by atoms with E-state index in [1.54, 1.807) is 5.48 Å². The van der Waals surface area contributed by atoms with E-state index in [2.05, 4.69) is 15.9 Å². The van der Waals surface area contributed by atoms with E-state index in [-0.39, 0.29) is 5.69 Å². The number of nitrogens with one attached hydrogen (secondary N) is 1. The molecule has 0 spiro atoms. The second-order valence-electron chi connectivity index (χ2n) is 2.30. The molecule has 2 N–H and O–H groups in total. The zero-order valence-corrected chi connectivity index (χ0v) is 7.78. The van der Waals surface area contributed by atoms with Crippen molar-refractivity contribution in [3.05, 3.63) is 28.2 Å². The zero-order valence-electron chi connectivity index (χ0n) is 6.19. The molecule has 0 amide bonds. The predicted molar refractivity (Wildman–Crippen MR) is 44.6 cm³/mol. The maximum absolute atomic E-state index is 12.1. The third kappa shape index (κ3) is 2.35. The van der Waals surface area contributed by atoms with Gasteiger partial charge in [-0.25, -0.2) is 0 Å². The Labute approximate surface area is 80.5 Å². The number of benzene rings is 1. The highest BCUT2D eigenvalue weighted by molar-refractivity contribution is 9.10. The number of halogens is 4. The third-order valence-corrected chi connectivity index (χ3v) is 2.11. The summed E-state index contributed by atoms with van der Waals surface area (Å²) in [5, 5.41) is 8.46. The Morgan fingerprint density at radius 1 is 1.31 bits per heavy atom. The highest BCUT2D eigenvalue weighted by Gasteiger charge is 2.30. The van der Waals surface area contributed by atoms with Crippen molar-refractivity contribution in [2.24, 2.45) is 0 Å². The molecule has 6 heteroatoms. The number of alkyl halides is 3. The smallest absolute Gasteiger partial charge is 0.291 e.